The van der Waals surface area contributed by atoms with Gasteiger partial charge in [0.15, 0.2) is 11.6 Å². The molecule has 4 aromatic rings. The molecule has 4 rings (SSSR count). The third-order valence-corrected chi connectivity index (χ3v) is 5.25. The van der Waals surface area contributed by atoms with Gasteiger partial charge in [0, 0.05) is 23.3 Å². The first-order chi connectivity index (χ1) is 16.8. The molecule has 0 aliphatic heterocycles. The Kier molecular flexibility index (Phi) is 8.24. The quantitative estimate of drug-likeness (QED) is 0.358. The molecule has 0 fully saturated rings. The molecule has 2 N–H and O–H groups in total. The number of aryl methyl sites for hydroxylation is 1. The average Bonchev–Trinajstić information content (AvgIpc) is 2.89. The summed E-state index contributed by atoms with van der Waals surface area (Å²) in [6.07, 6.45) is 0. The summed E-state index contributed by atoms with van der Waals surface area (Å²) >= 11 is 0. The Morgan fingerprint density at radius 2 is 1.03 bits per heavy atom. The van der Waals surface area contributed by atoms with Gasteiger partial charge in [0.2, 0.25) is 0 Å². The van der Waals surface area contributed by atoms with Crippen molar-refractivity contribution in [2.24, 2.45) is 0 Å². The number of carbonyl (C=O) groups is 2. The van der Waals surface area contributed by atoms with E-state index in [1.54, 1.807) is 60.7 Å². The number of ether oxygens (including phenoxy) is 2. The predicted octanol–water partition coefficient (Wildman–Crippen LogP) is 5.57. The highest BCUT2D eigenvalue weighted by Gasteiger charge is 2.14. The van der Waals surface area contributed by atoms with Crippen LogP contribution < -0.4 is 9.47 Å². The molecule has 6 nitrogen and oxygen atoms in total. The van der Waals surface area contributed by atoms with Crippen molar-refractivity contribution in [1.29, 1.82) is 0 Å². The molecule has 35 heavy (non-hydrogen) atoms. The van der Waals surface area contributed by atoms with E-state index in [-0.39, 0.29) is 34.2 Å². The minimum Gasteiger partial charge on any atom is -0.507 e. The molecule has 0 heterocycles. The van der Waals surface area contributed by atoms with E-state index in [0.29, 0.717) is 22.6 Å². The van der Waals surface area contributed by atoms with Gasteiger partial charge >= 0.3 is 0 Å². The molecule has 0 aliphatic rings. The number of hydrogen-bond donors (Lipinski definition) is 2. The van der Waals surface area contributed by atoms with Crippen LogP contribution in [0.5, 0.6) is 23.0 Å². The molecular weight excluding hydrogens is 444 g/mol. The van der Waals surface area contributed by atoms with Gasteiger partial charge in [-0.15, -0.1) is 0 Å². The molecule has 0 atom stereocenters. The molecule has 178 valence electrons. The van der Waals surface area contributed by atoms with Gasteiger partial charge in [-0.25, -0.2) is 0 Å². The lowest BCUT2D eigenvalue weighted by Gasteiger charge is -2.06. The summed E-state index contributed by atoms with van der Waals surface area (Å²) in [6, 6.07) is 25.4. The Bertz CT molecular complexity index is 1310. The highest BCUT2D eigenvalue weighted by molar-refractivity contribution is 6.11. The third-order valence-electron chi connectivity index (χ3n) is 5.25. The third kappa shape index (κ3) is 6.26. The van der Waals surface area contributed by atoms with Gasteiger partial charge in [-0.3, -0.25) is 9.59 Å². The summed E-state index contributed by atoms with van der Waals surface area (Å²) in [4.78, 5) is 24.2. The molecule has 0 bridgehead atoms. The lowest BCUT2D eigenvalue weighted by atomic mass is 10.0. The van der Waals surface area contributed by atoms with Crippen LogP contribution in [0.25, 0.3) is 0 Å². The monoisotopic (exact) mass is 470 g/mol. The number of phenols is 2. The highest BCUT2D eigenvalue weighted by atomic mass is 16.5. The van der Waals surface area contributed by atoms with Gasteiger partial charge in [-0.2, -0.15) is 0 Å². The van der Waals surface area contributed by atoms with Gasteiger partial charge in [-0.1, -0.05) is 60.2 Å². The number of methoxy groups -OCH3 is 2. The molecule has 0 unspecified atom stereocenters. The van der Waals surface area contributed by atoms with Crippen molar-refractivity contribution >= 4 is 11.6 Å². The lowest BCUT2D eigenvalue weighted by molar-refractivity contribution is 0.102. The van der Waals surface area contributed by atoms with Crippen LogP contribution in [0.4, 0.5) is 0 Å². The SMILES string of the molecule is COc1ccc(C(=O)c2ccc(C)cc2)c(O)c1.COc1ccc(C(=O)c2ccccc2)c(O)c1. The fraction of sp³-hybridized carbons (Fsp3) is 0.103. The Labute approximate surface area is 204 Å². The molecule has 0 spiro atoms. The first kappa shape index (κ1) is 25.1. The van der Waals surface area contributed by atoms with Crippen molar-refractivity contribution in [1.82, 2.24) is 0 Å². The van der Waals surface area contributed by atoms with Gasteiger partial charge < -0.3 is 19.7 Å². The van der Waals surface area contributed by atoms with Crippen molar-refractivity contribution in [2.75, 3.05) is 14.2 Å². The second-order valence-electron chi connectivity index (χ2n) is 7.66. The van der Waals surface area contributed by atoms with E-state index in [1.807, 2.05) is 25.1 Å². The van der Waals surface area contributed by atoms with Gasteiger partial charge in [0.05, 0.1) is 25.3 Å². The Morgan fingerprint density at radius 3 is 1.43 bits per heavy atom. The van der Waals surface area contributed by atoms with Crippen molar-refractivity contribution in [2.45, 2.75) is 6.92 Å². The molecular formula is C29H26O6. The van der Waals surface area contributed by atoms with Crippen LogP contribution in [0.2, 0.25) is 0 Å². The maximum atomic E-state index is 12.2. The summed E-state index contributed by atoms with van der Waals surface area (Å²) in [7, 11) is 3.02. The minimum atomic E-state index is -0.203. The number of carbonyl (C=O) groups excluding carboxylic acids is 2. The number of hydrogen-bond acceptors (Lipinski definition) is 6. The van der Waals surface area contributed by atoms with E-state index < -0.39 is 0 Å². The number of rotatable bonds is 6. The first-order valence-electron chi connectivity index (χ1n) is 10.8. The summed E-state index contributed by atoms with van der Waals surface area (Å²) in [5.41, 5.74) is 2.75. The second-order valence-corrected chi connectivity index (χ2v) is 7.66. The largest absolute Gasteiger partial charge is 0.507 e. The van der Waals surface area contributed by atoms with Crippen LogP contribution in [-0.4, -0.2) is 36.0 Å². The molecule has 0 radical (unpaired) electrons. The van der Waals surface area contributed by atoms with Crippen LogP contribution in [0, 0.1) is 6.92 Å². The zero-order valence-corrected chi connectivity index (χ0v) is 19.7. The maximum absolute atomic E-state index is 12.2. The van der Waals surface area contributed by atoms with E-state index in [2.05, 4.69) is 0 Å². The minimum absolute atomic E-state index is 0.0695. The molecule has 4 aromatic carbocycles. The summed E-state index contributed by atoms with van der Waals surface area (Å²) in [5, 5.41) is 19.6. The molecule has 0 amide bonds. The van der Waals surface area contributed by atoms with Crippen molar-refractivity contribution in [3.8, 4) is 23.0 Å². The Hall–Kier alpha value is -4.58. The van der Waals surface area contributed by atoms with E-state index in [1.165, 1.54) is 26.4 Å². The molecule has 0 aromatic heterocycles. The van der Waals surface area contributed by atoms with E-state index in [0.717, 1.165) is 5.56 Å². The molecule has 0 saturated heterocycles. The van der Waals surface area contributed by atoms with Gasteiger partial charge in [0.1, 0.15) is 23.0 Å². The maximum Gasteiger partial charge on any atom is 0.196 e. The highest BCUT2D eigenvalue weighted by Crippen LogP contribution is 2.26. The normalized spacial score (nSPS) is 10.0. The number of phenolic OH excluding ortho intramolecular Hbond substituents is 2. The number of benzene rings is 4. The van der Waals surface area contributed by atoms with Gasteiger partial charge in [-0.05, 0) is 31.2 Å². The predicted molar refractivity (Wildman–Crippen MR) is 134 cm³/mol. The van der Waals surface area contributed by atoms with Crippen molar-refractivity contribution < 1.29 is 29.3 Å². The van der Waals surface area contributed by atoms with E-state index in [4.69, 9.17) is 9.47 Å². The average molecular weight is 471 g/mol. The van der Waals surface area contributed by atoms with E-state index in [9.17, 15) is 19.8 Å². The smallest absolute Gasteiger partial charge is 0.196 e. The van der Waals surface area contributed by atoms with Crippen molar-refractivity contribution in [3.63, 3.8) is 0 Å². The van der Waals surface area contributed by atoms with Crippen LogP contribution in [0.15, 0.2) is 91.0 Å². The topological polar surface area (TPSA) is 93.1 Å². The Morgan fingerprint density at radius 1 is 0.600 bits per heavy atom. The molecule has 6 heteroatoms. The Balaban J connectivity index is 0.000000196. The fourth-order valence-corrected chi connectivity index (χ4v) is 3.27. The number of aromatic hydroxyl groups is 2. The zero-order valence-electron chi connectivity index (χ0n) is 19.7. The van der Waals surface area contributed by atoms with Crippen LogP contribution in [0.3, 0.4) is 0 Å². The van der Waals surface area contributed by atoms with E-state index >= 15 is 0 Å². The first-order valence-corrected chi connectivity index (χ1v) is 10.8. The summed E-state index contributed by atoms with van der Waals surface area (Å²) in [5.74, 6) is 0.499. The number of ketones is 2. The van der Waals surface area contributed by atoms with Crippen LogP contribution >= 0.6 is 0 Å². The molecule has 0 aliphatic carbocycles. The standard InChI is InChI=1S/C15H14O3.C14H12O3/c1-10-3-5-11(6-4-10)15(17)13-8-7-12(18-2)9-14(13)16;1-17-11-7-8-12(13(15)9-11)14(16)10-5-3-2-4-6-10/h3-9,16H,1-2H3;2-9,15H,1H3. The van der Waals surface area contributed by atoms with Crippen LogP contribution in [0.1, 0.15) is 37.4 Å². The van der Waals surface area contributed by atoms with Crippen LogP contribution in [-0.2, 0) is 0 Å². The second kappa shape index (κ2) is 11.5. The summed E-state index contributed by atoms with van der Waals surface area (Å²) < 4.78 is 9.94. The van der Waals surface area contributed by atoms with Gasteiger partial charge in [0.25, 0.3) is 0 Å². The zero-order chi connectivity index (χ0) is 25.4. The molecule has 0 saturated carbocycles. The fourth-order valence-electron chi connectivity index (χ4n) is 3.27. The summed E-state index contributed by atoms with van der Waals surface area (Å²) in [6.45, 7) is 1.96. The van der Waals surface area contributed by atoms with Crippen molar-refractivity contribution in [3.05, 3.63) is 119 Å². The lowest BCUT2D eigenvalue weighted by Crippen LogP contribution is -2.01.